The van der Waals surface area contributed by atoms with Gasteiger partial charge in [-0.05, 0) is 46.3 Å². The fraction of sp³-hybridized carbons (Fsp3) is 0.333. The van der Waals surface area contributed by atoms with Crippen LogP contribution in [-0.4, -0.2) is 11.8 Å². The molecule has 19 heavy (non-hydrogen) atoms. The molecular formula is C15H17NO3. The summed E-state index contributed by atoms with van der Waals surface area (Å²) in [6, 6.07) is 1.89. The van der Waals surface area contributed by atoms with Crippen molar-refractivity contribution in [3.63, 3.8) is 0 Å². The van der Waals surface area contributed by atoms with Gasteiger partial charge in [0.2, 0.25) is 0 Å². The molecule has 0 aliphatic carbocycles. The predicted molar refractivity (Wildman–Crippen MR) is 72.3 cm³/mol. The molecule has 1 aromatic rings. The summed E-state index contributed by atoms with van der Waals surface area (Å²) in [6.45, 7) is 9.20. The molecule has 0 spiro atoms. The lowest BCUT2D eigenvalue weighted by molar-refractivity contribution is -0.123. The van der Waals surface area contributed by atoms with Crippen LogP contribution >= 0.6 is 0 Å². The number of rotatable bonds is 1. The quantitative estimate of drug-likeness (QED) is 0.623. The molecule has 0 unspecified atom stereocenters. The summed E-state index contributed by atoms with van der Waals surface area (Å²) in [5, 5.41) is 2.35. The van der Waals surface area contributed by atoms with E-state index in [1.54, 1.807) is 0 Å². The van der Waals surface area contributed by atoms with Crippen LogP contribution in [0.3, 0.4) is 0 Å². The minimum Gasteiger partial charge on any atom is -0.466 e. The van der Waals surface area contributed by atoms with Crippen molar-refractivity contribution in [1.82, 2.24) is 5.32 Å². The van der Waals surface area contributed by atoms with E-state index in [2.05, 4.69) is 5.32 Å². The molecule has 1 fully saturated rings. The third kappa shape index (κ3) is 2.14. The van der Waals surface area contributed by atoms with Gasteiger partial charge in [0.05, 0.1) is 11.1 Å². The Morgan fingerprint density at radius 1 is 1.05 bits per heavy atom. The zero-order chi connectivity index (χ0) is 14.3. The number of aryl methyl sites for hydroxylation is 2. The molecule has 2 amide bonds. The Bertz CT molecular complexity index is 640. The first-order valence-electron chi connectivity index (χ1n) is 6.14. The summed E-state index contributed by atoms with van der Waals surface area (Å²) in [6.07, 6.45) is 0. The van der Waals surface area contributed by atoms with E-state index in [0.717, 1.165) is 28.2 Å². The molecule has 2 rings (SSSR count). The summed E-state index contributed by atoms with van der Waals surface area (Å²) < 4.78 is 5.49. The summed E-state index contributed by atoms with van der Waals surface area (Å²) >= 11 is 0. The van der Waals surface area contributed by atoms with Gasteiger partial charge in [-0.15, -0.1) is 0 Å². The Morgan fingerprint density at radius 2 is 1.63 bits per heavy atom. The Labute approximate surface area is 112 Å². The first-order valence-corrected chi connectivity index (χ1v) is 6.14. The van der Waals surface area contributed by atoms with E-state index in [4.69, 9.17) is 4.42 Å². The molecule has 100 valence electrons. The Hall–Kier alpha value is -2.10. The van der Waals surface area contributed by atoms with Crippen molar-refractivity contribution >= 4 is 17.4 Å². The Morgan fingerprint density at radius 3 is 2.11 bits per heavy atom. The van der Waals surface area contributed by atoms with Gasteiger partial charge in [0, 0.05) is 5.56 Å². The predicted octanol–water partition coefficient (Wildman–Crippen LogP) is 2.66. The van der Waals surface area contributed by atoms with Crippen LogP contribution in [0.1, 0.15) is 37.9 Å². The highest BCUT2D eigenvalue weighted by atomic mass is 16.3. The molecule has 0 saturated carbocycles. The molecule has 0 atom stereocenters. The summed E-state index contributed by atoms with van der Waals surface area (Å²) in [7, 11) is 0. The first-order chi connectivity index (χ1) is 8.82. The molecule has 4 heteroatoms. The maximum absolute atomic E-state index is 12.0. The van der Waals surface area contributed by atoms with Gasteiger partial charge >= 0.3 is 0 Å². The van der Waals surface area contributed by atoms with E-state index in [1.807, 2.05) is 40.7 Å². The summed E-state index contributed by atoms with van der Waals surface area (Å²) in [5.74, 6) is 0.882. The number of carbonyl (C=O) groups is 2. The maximum atomic E-state index is 12.0. The highest BCUT2D eigenvalue weighted by molar-refractivity contribution is 6.27. The summed E-state index contributed by atoms with van der Waals surface area (Å²) in [4.78, 5) is 23.8. The Kier molecular flexibility index (Phi) is 3.18. The van der Waals surface area contributed by atoms with Crippen molar-refractivity contribution in [2.45, 2.75) is 34.6 Å². The van der Waals surface area contributed by atoms with Crippen LogP contribution in [0, 0.1) is 13.8 Å². The topological polar surface area (TPSA) is 59.3 Å². The van der Waals surface area contributed by atoms with Crippen LogP contribution in [0.5, 0.6) is 0 Å². The van der Waals surface area contributed by atoms with Gasteiger partial charge in [0.25, 0.3) is 11.8 Å². The van der Waals surface area contributed by atoms with Gasteiger partial charge in [0.15, 0.2) is 0 Å². The monoisotopic (exact) mass is 259 g/mol. The van der Waals surface area contributed by atoms with Crippen LogP contribution in [0.4, 0.5) is 0 Å². The molecule has 0 bridgehead atoms. The maximum Gasteiger partial charge on any atom is 0.259 e. The van der Waals surface area contributed by atoms with Gasteiger partial charge in [-0.3, -0.25) is 14.9 Å². The molecular weight excluding hydrogens is 242 g/mol. The third-order valence-corrected chi connectivity index (χ3v) is 3.25. The second kappa shape index (κ2) is 4.53. The SMILES string of the molecule is CC(C)=C1C(=O)NC(=O)/C1=C(\C)c1cc(C)oc1C. The lowest BCUT2D eigenvalue weighted by atomic mass is 9.95. The number of allylic oxidation sites excluding steroid dienone is 2. The van der Waals surface area contributed by atoms with Crippen LogP contribution in [0.25, 0.3) is 5.57 Å². The molecule has 0 radical (unpaired) electrons. The average molecular weight is 259 g/mol. The molecule has 1 N–H and O–H groups in total. The number of furan rings is 1. The van der Waals surface area contributed by atoms with E-state index in [1.165, 1.54) is 0 Å². The van der Waals surface area contributed by atoms with E-state index < -0.39 is 0 Å². The molecule has 1 aliphatic heterocycles. The third-order valence-electron chi connectivity index (χ3n) is 3.25. The van der Waals surface area contributed by atoms with Gasteiger partial charge in [-0.1, -0.05) is 5.57 Å². The second-order valence-electron chi connectivity index (χ2n) is 4.99. The van der Waals surface area contributed by atoms with Crippen molar-refractivity contribution in [2.75, 3.05) is 0 Å². The smallest absolute Gasteiger partial charge is 0.259 e. The van der Waals surface area contributed by atoms with E-state index in [9.17, 15) is 9.59 Å². The van der Waals surface area contributed by atoms with Gasteiger partial charge in [-0.25, -0.2) is 0 Å². The fourth-order valence-corrected chi connectivity index (χ4v) is 2.43. The average Bonchev–Trinajstić information content (AvgIpc) is 2.77. The first kappa shape index (κ1) is 13.3. The summed E-state index contributed by atoms with van der Waals surface area (Å²) in [5.41, 5.74) is 3.40. The lowest BCUT2D eigenvalue weighted by Crippen LogP contribution is -2.20. The van der Waals surface area contributed by atoms with E-state index in [0.29, 0.717) is 11.1 Å². The minimum atomic E-state index is -0.336. The fourth-order valence-electron chi connectivity index (χ4n) is 2.43. The molecule has 1 aliphatic rings. The van der Waals surface area contributed by atoms with Crippen LogP contribution in [0.2, 0.25) is 0 Å². The number of hydrogen-bond acceptors (Lipinski definition) is 3. The number of hydrogen-bond donors (Lipinski definition) is 1. The minimum absolute atomic E-state index is 0.322. The van der Waals surface area contributed by atoms with Crippen LogP contribution in [0.15, 0.2) is 27.2 Å². The van der Waals surface area contributed by atoms with Crippen LogP contribution in [-0.2, 0) is 9.59 Å². The molecule has 2 heterocycles. The standard InChI is InChI=1S/C15H17NO3/c1-7(2)12-13(15(18)16-14(12)17)9(4)11-6-8(3)19-10(11)5/h6H,1-5H3,(H,16,17,18)/b13-9+. The number of imide groups is 1. The normalized spacial score (nSPS) is 17.8. The zero-order valence-corrected chi connectivity index (χ0v) is 11.8. The van der Waals surface area contributed by atoms with Crippen molar-refractivity contribution in [2.24, 2.45) is 0 Å². The Balaban J connectivity index is 2.69. The number of amides is 2. The van der Waals surface area contributed by atoms with Crippen molar-refractivity contribution < 1.29 is 14.0 Å². The highest BCUT2D eigenvalue weighted by Crippen LogP contribution is 2.32. The van der Waals surface area contributed by atoms with E-state index >= 15 is 0 Å². The van der Waals surface area contributed by atoms with Crippen molar-refractivity contribution in [3.05, 3.63) is 39.9 Å². The van der Waals surface area contributed by atoms with E-state index in [-0.39, 0.29) is 11.8 Å². The highest BCUT2D eigenvalue weighted by Gasteiger charge is 2.33. The van der Waals surface area contributed by atoms with Crippen molar-refractivity contribution in [3.8, 4) is 0 Å². The second-order valence-corrected chi connectivity index (χ2v) is 4.99. The molecule has 1 saturated heterocycles. The molecule has 4 nitrogen and oxygen atoms in total. The largest absolute Gasteiger partial charge is 0.466 e. The number of carbonyl (C=O) groups excluding carboxylic acids is 2. The van der Waals surface area contributed by atoms with Gasteiger partial charge < -0.3 is 4.42 Å². The van der Waals surface area contributed by atoms with Crippen molar-refractivity contribution in [1.29, 1.82) is 0 Å². The zero-order valence-electron chi connectivity index (χ0n) is 11.8. The number of nitrogens with one attached hydrogen (secondary N) is 1. The van der Waals surface area contributed by atoms with Gasteiger partial charge in [0.1, 0.15) is 11.5 Å². The van der Waals surface area contributed by atoms with Gasteiger partial charge in [-0.2, -0.15) is 0 Å². The molecule has 1 aromatic heterocycles. The lowest BCUT2D eigenvalue weighted by Gasteiger charge is -2.05. The van der Waals surface area contributed by atoms with Crippen LogP contribution < -0.4 is 5.32 Å². The molecule has 0 aromatic carbocycles.